The largest absolute Gasteiger partial charge is 0.347 e. The maximum atomic E-state index is 13.7. The second-order valence-corrected chi connectivity index (χ2v) is 9.35. The van der Waals surface area contributed by atoms with Crippen molar-refractivity contribution in [3.8, 4) is 11.1 Å². The summed E-state index contributed by atoms with van der Waals surface area (Å²) < 4.78 is 0. The summed E-state index contributed by atoms with van der Waals surface area (Å²) in [5.41, 5.74) is 3.97. The number of rotatable bonds is 8. The molecule has 4 rings (SSSR count). The van der Waals surface area contributed by atoms with Crippen molar-refractivity contribution < 1.29 is 9.59 Å². The second kappa shape index (κ2) is 11.8. The van der Waals surface area contributed by atoms with Crippen molar-refractivity contribution >= 4 is 40.7 Å². The Bertz CT molecular complexity index is 1280. The lowest BCUT2D eigenvalue weighted by Crippen LogP contribution is -2.46. The first-order valence-electron chi connectivity index (χ1n) is 11.5. The monoisotopic (exact) mass is 517 g/mol. The molecular weight excluding hydrogens is 493 g/mol. The van der Waals surface area contributed by atoms with Gasteiger partial charge in [-0.2, -0.15) is 0 Å². The zero-order valence-electron chi connectivity index (χ0n) is 19.6. The van der Waals surface area contributed by atoms with Gasteiger partial charge in [0.25, 0.3) is 5.91 Å². The number of hydrogen-bond acceptors (Lipinski definition) is 3. The highest BCUT2D eigenvalue weighted by Crippen LogP contribution is 2.32. The summed E-state index contributed by atoms with van der Waals surface area (Å²) in [6, 6.07) is 29.0. The molecule has 0 bridgehead atoms. The minimum absolute atomic E-state index is 0.293. The number of pyridine rings is 1. The molecule has 0 aliphatic heterocycles. The van der Waals surface area contributed by atoms with Gasteiger partial charge in [0, 0.05) is 23.6 Å². The molecule has 1 aromatic heterocycles. The van der Waals surface area contributed by atoms with E-state index in [9.17, 15) is 9.59 Å². The van der Waals surface area contributed by atoms with E-state index < -0.39 is 16.8 Å². The lowest BCUT2D eigenvalue weighted by molar-refractivity contribution is -0.126. The van der Waals surface area contributed by atoms with Gasteiger partial charge in [0.05, 0.1) is 6.04 Å². The predicted octanol–water partition coefficient (Wildman–Crippen LogP) is 6.50. The van der Waals surface area contributed by atoms with Crippen molar-refractivity contribution in [3.63, 3.8) is 0 Å². The zero-order valence-corrected chi connectivity index (χ0v) is 21.1. The Kier molecular flexibility index (Phi) is 8.36. The number of carbonyl (C=O) groups is 2. The van der Waals surface area contributed by atoms with Crippen molar-refractivity contribution in [1.29, 1.82) is 0 Å². The first-order chi connectivity index (χ1) is 17.5. The number of amides is 2. The number of halogens is 2. The Morgan fingerprint density at radius 2 is 1.36 bits per heavy atom. The van der Waals surface area contributed by atoms with Crippen LogP contribution < -0.4 is 10.2 Å². The fourth-order valence-electron chi connectivity index (χ4n) is 4.03. The third-order valence-electron chi connectivity index (χ3n) is 5.84. The second-order valence-electron chi connectivity index (χ2n) is 8.25. The maximum absolute atomic E-state index is 13.7. The number of alkyl halides is 2. The molecule has 2 atom stereocenters. The number of aromatic nitrogens is 1. The van der Waals surface area contributed by atoms with Gasteiger partial charge in [0.15, 0.2) is 4.84 Å². The molecule has 182 valence electrons. The minimum Gasteiger partial charge on any atom is -0.347 e. The molecule has 0 saturated heterocycles. The molecule has 1 N–H and O–H groups in total. The van der Waals surface area contributed by atoms with E-state index in [4.69, 9.17) is 23.2 Å². The molecule has 0 radical (unpaired) electrons. The van der Waals surface area contributed by atoms with E-state index in [0.717, 1.165) is 16.7 Å². The normalized spacial score (nSPS) is 12.6. The molecule has 36 heavy (non-hydrogen) atoms. The maximum Gasteiger partial charge on any atom is 0.261 e. The highest BCUT2D eigenvalue weighted by molar-refractivity contribution is 6.54. The first kappa shape index (κ1) is 25.4. The summed E-state index contributed by atoms with van der Waals surface area (Å²) >= 11 is 12.1. The molecule has 0 saturated carbocycles. The lowest BCUT2D eigenvalue weighted by Gasteiger charge is -2.32. The summed E-state index contributed by atoms with van der Waals surface area (Å²) in [5, 5.41) is 3.03. The van der Waals surface area contributed by atoms with Crippen LogP contribution in [-0.4, -0.2) is 21.6 Å². The van der Waals surface area contributed by atoms with Crippen molar-refractivity contribution in [2.45, 2.75) is 23.8 Å². The zero-order chi connectivity index (χ0) is 25.5. The van der Waals surface area contributed by atoms with Gasteiger partial charge in [-0.05, 0) is 41.8 Å². The highest BCUT2D eigenvalue weighted by Gasteiger charge is 2.36. The number of anilines is 1. The Morgan fingerprint density at radius 1 is 0.778 bits per heavy atom. The molecule has 1 heterocycles. The van der Waals surface area contributed by atoms with E-state index in [-0.39, 0.29) is 11.9 Å². The number of benzene rings is 3. The van der Waals surface area contributed by atoms with Gasteiger partial charge in [-0.15, -0.1) is 0 Å². The van der Waals surface area contributed by atoms with Crippen LogP contribution >= 0.6 is 23.2 Å². The highest BCUT2D eigenvalue weighted by atomic mass is 35.5. The Hall–Kier alpha value is -3.67. The van der Waals surface area contributed by atoms with Gasteiger partial charge in [-0.3, -0.25) is 19.5 Å². The standard InChI is InChI=1S/C29H25Cl2N3O2/c1-20(21-9-4-2-5-10-21)33-28(35)26(24-13-8-18-32-19-24)34(29(36)27(30)31)25-16-14-23(15-17-25)22-11-6-3-7-12-22/h2-20,26-27H,1H3,(H,33,35)/t20-,26+/m1/s1. The van der Waals surface area contributed by atoms with Crippen LogP contribution in [0.3, 0.4) is 0 Å². The van der Waals surface area contributed by atoms with Crippen molar-refractivity contribution in [1.82, 2.24) is 10.3 Å². The molecule has 7 heteroatoms. The van der Waals surface area contributed by atoms with E-state index in [1.54, 1.807) is 36.7 Å². The fraction of sp³-hybridized carbons (Fsp3) is 0.138. The first-order valence-corrected chi connectivity index (χ1v) is 12.3. The van der Waals surface area contributed by atoms with Gasteiger partial charge in [-0.25, -0.2) is 0 Å². The van der Waals surface area contributed by atoms with Gasteiger partial charge < -0.3 is 5.32 Å². The van der Waals surface area contributed by atoms with Gasteiger partial charge in [-0.1, -0.05) is 102 Å². The van der Waals surface area contributed by atoms with Gasteiger partial charge >= 0.3 is 0 Å². The molecule has 5 nitrogen and oxygen atoms in total. The molecule has 0 aliphatic rings. The quantitative estimate of drug-likeness (QED) is 0.271. The van der Waals surface area contributed by atoms with Crippen molar-refractivity contribution in [3.05, 3.63) is 121 Å². The van der Waals surface area contributed by atoms with E-state index in [1.165, 1.54) is 4.90 Å². The van der Waals surface area contributed by atoms with Crippen molar-refractivity contribution in [2.24, 2.45) is 0 Å². The van der Waals surface area contributed by atoms with Crippen LogP contribution in [0.2, 0.25) is 0 Å². The van der Waals surface area contributed by atoms with Crippen LogP contribution in [0.1, 0.15) is 30.1 Å². The molecule has 0 aliphatic carbocycles. The molecule has 4 aromatic rings. The number of carbonyl (C=O) groups excluding carboxylic acids is 2. The fourth-order valence-corrected chi connectivity index (χ4v) is 4.24. The lowest BCUT2D eigenvalue weighted by atomic mass is 10.0. The summed E-state index contributed by atoms with van der Waals surface area (Å²) in [6.45, 7) is 1.89. The van der Waals surface area contributed by atoms with Crippen LogP contribution in [-0.2, 0) is 9.59 Å². The molecule has 3 aromatic carbocycles. The Balaban J connectivity index is 1.74. The molecule has 0 fully saturated rings. The van der Waals surface area contributed by atoms with Gasteiger partial charge in [0.1, 0.15) is 6.04 Å². The van der Waals surface area contributed by atoms with Crippen LogP contribution in [0.5, 0.6) is 0 Å². The number of nitrogens with zero attached hydrogens (tertiary/aromatic N) is 2. The average molecular weight is 518 g/mol. The van der Waals surface area contributed by atoms with E-state index in [2.05, 4.69) is 10.3 Å². The number of nitrogens with one attached hydrogen (secondary N) is 1. The Labute approximate surface area is 220 Å². The van der Waals surface area contributed by atoms with Crippen LogP contribution in [0.15, 0.2) is 109 Å². The topological polar surface area (TPSA) is 62.3 Å². The van der Waals surface area contributed by atoms with E-state index in [0.29, 0.717) is 11.3 Å². The van der Waals surface area contributed by atoms with Crippen LogP contribution in [0.4, 0.5) is 5.69 Å². The third-order valence-corrected chi connectivity index (χ3v) is 6.22. The summed E-state index contributed by atoms with van der Waals surface area (Å²) in [6.07, 6.45) is 3.17. The van der Waals surface area contributed by atoms with E-state index >= 15 is 0 Å². The van der Waals surface area contributed by atoms with Crippen LogP contribution in [0.25, 0.3) is 11.1 Å². The van der Waals surface area contributed by atoms with Crippen molar-refractivity contribution in [2.75, 3.05) is 4.90 Å². The molecular formula is C29H25Cl2N3O2. The number of hydrogen-bond donors (Lipinski definition) is 1. The van der Waals surface area contributed by atoms with Gasteiger partial charge in [0.2, 0.25) is 5.91 Å². The predicted molar refractivity (Wildman–Crippen MR) is 145 cm³/mol. The Morgan fingerprint density at radius 3 is 1.94 bits per heavy atom. The smallest absolute Gasteiger partial charge is 0.261 e. The van der Waals surface area contributed by atoms with Crippen LogP contribution in [0, 0.1) is 0 Å². The summed E-state index contributed by atoms with van der Waals surface area (Å²) in [4.78, 5) is 31.2. The summed E-state index contributed by atoms with van der Waals surface area (Å²) in [5.74, 6) is -0.990. The minimum atomic E-state index is -1.36. The van der Waals surface area contributed by atoms with E-state index in [1.807, 2.05) is 79.7 Å². The third kappa shape index (κ3) is 5.93. The molecule has 2 amide bonds. The molecule has 0 spiro atoms. The summed E-state index contributed by atoms with van der Waals surface area (Å²) in [7, 11) is 0. The SMILES string of the molecule is C[C@@H](NC(=O)[C@H](c1cccnc1)N(C(=O)C(Cl)Cl)c1ccc(-c2ccccc2)cc1)c1ccccc1. The average Bonchev–Trinajstić information content (AvgIpc) is 2.92. The molecule has 0 unspecified atom stereocenters.